The minimum Gasteiger partial charge on any atom is -0.386 e. The van der Waals surface area contributed by atoms with E-state index in [-0.39, 0.29) is 0 Å². The molecule has 0 radical (unpaired) electrons. The first-order valence-corrected chi connectivity index (χ1v) is 14.2. The van der Waals surface area contributed by atoms with Crippen molar-refractivity contribution in [3.8, 4) is 0 Å². The van der Waals surface area contributed by atoms with E-state index in [1.165, 1.54) is 0 Å². The maximum atomic E-state index is 13.2. The number of hydrogen-bond donors (Lipinski definition) is 2. The second-order valence-electron chi connectivity index (χ2n) is 16.1. The summed E-state index contributed by atoms with van der Waals surface area (Å²) in [5, 5.41) is 26.4. The van der Waals surface area contributed by atoms with Gasteiger partial charge in [-0.05, 0) is 155 Å². The van der Waals surface area contributed by atoms with Gasteiger partial charge < -0.3 is 10.2 Å². The summed E-state index contributed by atoms with van der Waals surface area (Å²) in [6.45, 7) is 0. The van der Waals surface area contributed by atoms with Gasteiger partial charge in [-0.2, -0.15) is 0 Å². The molecule has 16 fully saturated rings. The van der Waals surface area contributed by atoms with Crippen molar-refractivity contribution in [3.05, 3.63) is 0 Å². The van der Waals surface area contributed by atoms with E-state index >= 15 is 0 Å². The van der Waals surface area contributed by atoms with Gasteiger partial charge in [0.1, 0.15) is 11.2 Å². The lowest BCUT2D eigenvalue weighted by atomic mass is 9.32. The van der Waals surface area contributed by atoms with E-state index in [9.17, 15) is 10.2 Å². The summed E-state index contributed by atoms with van der Waals surface area (Å²) in [6, 6.07) is 0. The average Bonchev–Trinajstić information content (AvgIpc) is 3.47. The van der Waals surface area contributed by atoms with E-state index in [2.05, 4.69) is 0 Å². The Bertz CT molecular complexity index is 886. The molecule has 0 saturated heterocycles. The van der Waals surface area contributed by atoms with Gasteiger partial charge in [-0.3, -0.25) is 0 Å². The fourth-order valence-corrected chi connectivity index (χ4v) is 20.3. The molecule has 0 heterocycles. The fourth-order valence-electron chi connectivity index (χ4n) is 20.3. The molecule has 0 aromatic heterocycles. The first-order chi connectivity index (χ1) is 14.7. The quantitative estimate of drug-likeness (QED) is 0.657. The lowest BCUT2D eigenvalue weighted by Gasteiger charge is -2.76. The van der Waals surface area contributed by atoms with E-state index in [1.54, 1.807) is 12.8 Å². The summed E-state index contributed by atoms with van der Waals surface area (Å²) >= 11 is 0. The molecule has 16 rings (SSSR count). The number of hydrogen-bond acceptors (Lipinski definition) is 2. The van der Waals surface area contributed by atoms with Crippen molar-refractivity contribution in [2.24, 2.45) is 142 Å². The van der Waals surface area contributed by atoms with Gasteiger partial charge in [0.05, 0.1) is 0 Å². The van der Waals surface area contributed by atoms with E-state index < -0.39 is 11.2 Å². The molecule has 16 atom stereocenters. The third-order valence-electron chi connectivity index (χ3n) is 18.1. The van der Waals surface area contributed by atoms with Crippen LogP contribution in [0.25, 0.3) is 0 Å². The lowest BCUT2D eigenvalue weighted by molar-refractivity contribution is -0.388. The van der Waals surface area contributed by atoms with Crippen LogP contribution in [0.4, 0.5) is 0 Å². The standard InChI is InChI=1S/C28H30O2/c29-27-23-15-7-3-1-4-9(7)17(23)18-10(4)8(3)16(15)24(18)28(27,30)26-20-12-5-2-6-13-11(5)19(20)25(27)21(13)22(26)14(6)12/h3-26,29-30H,1-2H2. The first kappa shape index (κ1) is 13.6. The molecule has 0 aromatic carbocycles. The van der Waals surface area contributed by atoms with Gasteiger partial charge in [0.25, 0.3) is 0 Å². The summed E-state index contributed by atoms with van der Waals surface area (Å²) in [7, 11) is 0. The highest BCUT2D eigenvalue weighted by molar-refractivity contribution is 5.48. The smallest absolute Gasteiger partial charge is 0.101 e. The molecule has 16 saturated carbocycles. The van der Waals surface area contributed by atoms with Crippen LogP contribution in [-0.2, 0) is 0 Å². The van der Waals surface area contributed by atoms with Gasteiger partial charge in [0, 0.05) is 0 Å². The summed E-state index contributed by atoms with van der Waals surface area (Å²) in [5.41, 5.74) is -1.29. The Morgan fingerprint density at radius 1 is 0.333 bits per heavy atom. The molecule has 0 aliphatic heterocycles. The number of aliphatic hydroxyl groups is 2. The van der Waals surface area contributed by atoms with E-state index in [0.717, 1.165) is 118 Å². The monoisotopic (exact) mass is 398 g/mol. The molecule has 16 unspecified atom stereocenters. The zero-order chi connectivity index (χ0) is 18.3. The maximum Gasteiger partial charge on any atom is 0.101 e. The lowest BCUT2D eigenvalue weighted by Crippen LogP contribution is -2.85. The molecule has 16 aliphatic carbocycles. The Hall–Kier alpha value is -0.0800. The van der Waals surface area contributed by atoms with Crippen molar-refractivity contribution in [2.45, 2.75) is 24.0 Å². The summed E-state index contributed by atoms with van der Waals surface area (Å²) in [5.74, 6) is 21.2. The highest BCUT2D eigenvalue weighted by atomic mass is 16.4. The van der Waals surface area contributed by atoms with Crippen LogP contribution in [0.1, 0.15) is 12.8 Å². The van der Waals surface area contributed by atoms with Crippen LogP contribution in [0.5, 0.6) is 0 Å². The molecular formula is C28H30O2. The Balaban J connectivity index is 1.14. The zero-order valence-electron chi connectivity index (χ0n) is 17.2. The Kier molecular flexibility index (Phi) is 1.38. The van der Waals surface area contributed by atoms with Gasteiger partial charge in [0.15, 0.2) is 0 Å². The van der Waals surface area contributed by atoms with Crippen molar-refractivity contribution < 1.29 is 10.2 Å². The van der Waals surface area contributed by atoms with Crippen molar-refractivity contribution >= 4 is 0 Å². The van der Waals surface area contributed by atoms with Gasteiger partial charge in [-0.1, -0.05) is 0 Å². The van der Waals surface area contributed by atoms with Gasteiger partial charge >= 0.3 is 0 Å². The molecule has 0 amide bonds. The van der Waals surface area contributed by atoms with Gasteiger partial charge in [-0.25, -0.2) is 0 Å². The van der Waals surface area contributed by atoms with Crippen molar-refractivity contribution in [3.63, 3.8) is 0 Å². The van der Waals surface area contributed by atoms with Crippen molar-refractivity contribution in [1.82, 2.24) is 0 Å². The summed E-state index contributed by atoms with van der Waals surface area (Å²) in [6.07, 6.45) is 3.14. The van der Waals surface area contributed by atoms with Gasteiger partial charge in [0.2, 0.25) is 0 Å². The van der Waals surface area contributed by atoms with Crippen LogP contribution < -0.4 is 0 Å². The average molecular weight is 399 g/mol. The third kappa shape index (κ3) is 0.709. The third-order valence-corrected chi connectivity index (χ3v) is 18.1. The molecule has 30 heavy (non-hydrogen) atoms. The van der Waals surface area contributed by atoms with Crippen molar-refractivity contribution in [2.75, 3.05) is 0 Å². The van der Waals surface area contributed by atoms with Crippen LogP contribution in [0, 0.1) is 142 Å². The molecule has 2 heteroatoms. The largest absolute Gasteiger partial charge is 0.386 e. The predicted octanol–water partition coefficient (Wildman–Crippen LogP) is 2.21. The fraction of sp³-hybridized carbons (Fsp3) is 1.00. The first-order valence-electron chi connectivity index (χ1n) is 14.2. The van der Waals surface area contributed by atoms with Crippen LogP contribution in [0.2, 0.25) is 0 Å². The highest BCUT2D eigenvalue weighted by Gasteiger charge is 3.01. The molecule has 0 spiro atoms. The van der Waals surface area contributed by atoms with Gasteiger partial charge in [-0.15, -0.1) is 0 Å². The topological polar surface area (TPSA) is 40.5 Å². The van der Waals surface area contributed by atoms with E-state index in [4.69, 9.17) is 0 Å². The van der Waals surface area contributed by atoms with E-state index in [0.29, 0.717) is 23.7 Å². The maximum absolute atomic E-state index is 13.2. The molecular weight excluding hydrogens is 368 g/mol. The van der Waals surface area contributed by atoms with Crippen LogP contribution in [-0.4, -0.2) is 21.4 Å². The summed E-state index contributed by atoms with van der Waals surface area (Å²) in [4.78, 5) is 0. The predicted molar refractivity (Wildman–Crippen MR) is 103 cm³/mol. The summed E-state index contributed by atoms with van der Waals surface area (Å²) < 4.78 is 0. The minimum absolute atomic E-state index is 0.543. The normalized spacial score (nSPS) is 101. The number of rotatable bonds is 0. The Morgan fingerprint density at radius 2 is 0.533 bits per heavy atom. The van der Waals surface area contributed by atoms with Crippen molar-refractivity contribution in [1.29, 1.82) is 0 Å². The molecule has 8 bridgehead atoms. The Morgan fingerprint density at radius 3 is 0.733 bits per heavy atom. The molecule has 154 valence electrons. The second kappa shape index (κ2) is 3.05. The molecule has 2 nitrogen and oxygen atoms in total. The Labute approximate surface area is 176 Å². The SMILES string of the molecule is OC12C3C4C5C6CC7C5C3C3C7C6C4C3C1(O)C1C3C4C5CC6C7C5C3C2C7C1C64. The van der Waals surface area contributed by atoms with Crippen LogP contribution in [0.15, 0.2) is 0 Å². The zero-order valence-corrected chi connectivity index (χ0v) is 17.2. The highest BCUT2D eigenvalue weighted by Crippen LogP contribution is 3.00. The minimum atomic E-state index is -0.645. The van der Waals surface area contributed by atoms with Crippen LogP contribution in [0.3, 0.4) is 0 Å². The van der Waals surface area contributed by atoms with E-state index in [1.807, 2.05) is 0 Å². The molecule has 0 aromatic rings. The molecule has 16 aliphatic rings. The molecule has 2 N–H and O–H groups in total. The van der Waals surface area contributed by atoms with Crippen LogP contribution >= 0.6 is 0 Å². The second-order valence-corrected chi connectivity index (χ2v) is 16.1.